The van der Waals surface area contributed by atoms with Crippen molar-refractivity contribution in [1.82, 2.24) is 9.62 Å². The Kier molecular flexibility index (Phi) is 7.14. The number of amides is 1. The number of rotatable bonds is 6. The lowest BCUT2D eigenvalue weighted by Gasteiger charge is -2.37. The van der Waals surface area contributed by atoms with Crippen LogP contribution in [0.5, 0.6) is 0 Å². The van der Waals surface area contributed by atoms with E-state index in [2.05, 4.69) is 4.72 Å². The predicted molar refractivity (Wildman–Crippen MR) is 128 cm³/mol. The molecule has 4 rings (SSSR count). The number of sulfonamides is 1. The van der Waals surface area contributed by atoms with E-state index in [-0.39, 0.29) is 40.1 Å². The number of carbonyl (C=O) groups excluding carboxylic acids is 1. The maximum atomic E-state index is 13.3. The third-order valence-corrected chi connectivity index (χ3v) is 7.38. The number of hydrogen-bond acceptors (Lipinski definition) is 4. The molecule has 0 bridgehead atoms. The lowest BCUT2D eigenvalue weighted by atomic mass is 10.1. The summed E-state index contributed by atoms with van der Waals surface area (Å²) in [5, 5.41) is 0.0598. The molecule has 1 saturated heterocycles. The fourth-order valence-corrected chi connectivity index (χ4v) is 5.39. The lowest BCUT2D eigenvalue weighted by Crippen LogP contribution is -2.46. The van der Waals surface area contributed by atoms with Gasteiger partial charge in [0.2, 0.25) is 10.0 Å². The molecule has 1 aliphatic rings. The third kappa shape index (κ3) is 5.62. The van der Waals surface area contributed by atoms with E-state index in [9.17, 15) is 13.2 Å². The molecule has 3 aromatic carbocycles. The molecular weight excluding hydrogens is 460 g/mol. The van der Waals surface area contributed by atoms with Crippen LogP contribution < -0.4 is 4.72 Å². The zero-order chi connectivity index (χ0) is 23.4. The predicted octanol–water partition coefficient (Wildman–Crippen LogP) is 4.42. The van der Waals surface area contributed by atoms with Crippen LogP contribution in [0.4, 0.5) is 0 Å². The van der Waals surface area contributed by atoms with Crippen LogP contribution in [-0.2, 0) is 21.3 Å². The first-order chi connectivity index (χ1) is 15.8. The minimum Gasteiger partial charge on any atom is -0.367 e. The van der Waals surface area contributed by atoms with E-state index >= 15 is 0 Å². The molecule has 1 heterocycles. The van der Waals surface area contributed by atoms with Gasteiger partial charge in [-0.05, 0) is 36.2 Å². The van der Waals surface area contributed by atoms with Gasteiger partial charge in [-0.1, -0.05) is 72.3 Å². The molecule has 1 amide bonds. The fraction of sp³-hybridized carbons (Fsp3) is 0.240. The summed E-state index contributed by atoms with van der Waals surface area (Å²) in [6, 6.07) is 23.3. The van der Waals surface area contributed by atoms with E-state index in [1.165, 1.54) is 12.1 Å². The van der Waals surface area contributed by atoms with Crippen molar-refractivity contribution < 1.29 is 17.9 Å². The molecular formula is C25H25ClN2O4S. The van der Waals surface area contributed by atoms with Crippen LogP contribution in [0.2, 0.25) is 5.02 Å². The Hall–Kier alpha value is -2.71. The summed E-state index contributed by atoms with van der Waals surface area (Å²) in [5.41, 5.74) is 2.07. The molecule has 1 fully saturated rings. The second kappa shape index (κ2) is 10.1. The minimum absolute atomic E-state index is 0.0598. The van der Waals surface area contributed by atoms with Crippen molar-refractivity contribution in [3.05, 3.63) is 101 Å². The van der Waals surface area contributed by atoms with Crippen LogP contribution in [0.3, 0.4) is 0 Å². The van der Waals surface area contributed by atoms with Gasteiger partial charge in [0, 0.05) is 18.7 Å². The molecule has 2 unspecified atom stereocenters. The Labute approximate surface area is 199 Å². The summed E-state index contributed by atoms with van der Waals surface area (Å²) in [6.07, 6.45) is -0.405. The minimum atomic E-state index is -3.92. The van der Waals surface area contributed by atoms with Crippen molar-refractivity contribution in [2.45, 2.75) is 30.6 Å². The maximum absolute atomic E-state index is 13.3. The Morgan fingerprint density at radius 3 is 2.39 bits per heavy atom. The van der Waals surface area contributed by atoms with Crippen LogP contribution in [0.25, 0.3) is 0 Å². The summed E-state index contributed by atoms with van der Waals surface area (Å²) < 4.78 is 34.4. The third-order valence-electron chi connectivity index (χ3n) is 5.50. The highest BCUT2D eigenvalue weighted by Gasteiger charge is 2.30. The van der Waals surface area contributed by atoms with Gasteiger partial charge in [0.15, 0.2) is 0 Å². The van der Waals surface area contributed by atoms with Gasteiger partial charge in [-0.3, -0.25) is 4.79 Å². The molecule has 6 nitrogen and oxygen atoms in total. The number of nitrogens with zero attached hydrogens (tertiary/aromatic N) is 1. The molecule has 0 saturated carbocycles. The number of benzene rings is 3. The first-order valence-corrected chi connectivity index (χ1v) is 12.5. The zero-order valence-corrected chi connectivity index (χ0v) is 19.7. The SMILES string of the molecule is CC1CN(C(=O)c2ccc(Cl)c(S(=O)(=O)NCc3ccccc3)c2)CC(c2ccccc2)O1. The normalized spacial score (nSPS) is 18.8. The number of ether oxygens (including phenoxy) is 1. The van der Waals surface area contributed by atoms with Crippen molar-refractivity contribution in [1.29, 1.82) is 0 Å². The zero-order valence-electron chi connectivity index (χ0n) is 18.1. The van der Waals surface area contributed by atoms with Crippen molar-refractivity contribution >= 4 is 27.5 Å². The van der Waals surface area contributed by atoms with Crippen molar-refractivity contribution in [3.8, 4) is 0 Å². The Balaban J connectivity index is 1.54. The van der Waals surface area contributed by atoms with E-state index in [1.54, 1.807) is 11.0 Å². The van der Waals surface area contributed by atoms with Crippen LogP contribution >= 0.6 is 11.6 Å². The molecule has 8 heteroatoms. The van der Waals surface area contributed by atoms with Gasteiger partial charge < -0.3 is 9.64 Å². The van der Waals surface area contributed by atoms with Crippen molar-refractivity contribution in [3.63, 3.8) is 0 Å². The molecule has 33 heavy (non-hydrogen) atoms. The number of carbonyl (C=O) groups is 1. The molecule has 0 radical (unpaired) electrons. The number of nitrogens with one attached hydrogen (secondary N) is 1. The molecule has 172 valence electrons. The molecule has 0 aliphatic carbocycles. The summed E-state index contributed by atoms with van der Waals surface area (Å²) >= 11 is 6.22. The van der Waals surface area contributed by atoms with Crippen LogP contribution in [0.1, 0.15) is 34.5 Å². The van der Waals surface area contributed by atoms with Gasteiger partial charge in [0.25, 0.3) is 5.91 Å². The van der Waals surface area contributed by atoms with E-state index in [0.717, 1.165) is 11.1 Å². The second-order valence-corrected chi connectivity index (χ2v) is 10.2. The first-order valence-electron chi connectivity index (χ1n) is 10.7. The smallest absolute Gasteiger partial charge is 0.254 e. The number of hydrogen-bond donors (Lipinski definition) is 1. The standard InChI is InChI=1S/C25H25ClN2O4S/c1-18-16-28(17-23(32-18)20-10-6-3-7-11-20)25(29)21-12-13-22(26)24(14-21)33(30,31)27-15-19-8-4-2-5-9-19/h2-14,18,23,27H,15-17H2,1H3. The second-order valence-electron chi connectivity index (χ2n) is 8.01. The molecule has 1 N–H and O–H groups in total. The van der Waals surface area contributed by atoms with Crippen LogP contribution in [0, 0.1) is 0 Å². The summed E-state index contributed by atoms with van der Waals surface area (Å²) in [5.74, 6) is -0.262. The van der Waals surface area contributed by atoms with Gasteiger partial charge >= 0.3 is 0 Å². The van der Waals surface area contributed by atoms with E-state index in [0.29, 0.717) is 13.1 Å². The Morgan fingerprint density at radius 1 is 1.03 bits per heavy atom. The van der Waals surface area contributed by atoms with Crippen molar-refractivity contribution in [2.24, 2.45) is 0 Å². The fourth-order valence-electron chi connectivity index (χ4n) is 3.85. The lowest BCUT2D eigenvalue weighted by molar-refractivity contribution is -0.0691. The quantitative estimate of drug-likeness (QED) is 0.562. The van der Waals surface area contributed by atoms with Crippen LogP contribution in [-0.4, -0.2) is 38.4 Å². The monoisotopic (exact) mass is 484 g/mol. The topological polar surface area (TPSA) is 75.7 Å². The highest BCUT2D eigenvalue weighted by molar-refractivity contribution is 7.89. The largest absolute Gasteiger partial charge is 0.367 e. The number of halogens is 1. The Bertz CT molecular complexity index is 1220. The van der Waals surface area contributed by atoms with Gasteiger partial charge in [-0.2, -0.15) is 0 Å². The highest BCUT2D eigenvalue weighted by Crippen LogP contribution is 2.28. The van der Waals surface area contributed by atoms with Gasteiger partial charge in [-0.15, -0.1) is 0 Å². The maximum Gasteiger partial charge on any atom is 0.254 e. The molecule has 0 aromatic heterocycles. The van der Waals surface area contributed by atoms with Crippen molar-refractivity contribution in [2.75, 3.05) is 13.1 Å². The average Bonchev–Trinajstić information content (AvgIpc) is 2.83. The Morgan fingerprint density at radius 2 is 1.70 bits per heavy atom. The highest BCUT2D eigenvalue weighted by atomic mass is 35.5. The average molecular weight is 485 g/mol. The molecule has 0 spiro atoms. The van der Waals surface area contributed by atoms with E-state index in [1.807, 2.05) is 67.6 Å². The first kappa shape index (κ1) is 23.4. The van der Waals surface area contributed by atoms with Crippen LogP contribution in [0.15, 0.2) is 83.8 Å². The molecule has 1 aliphatic heterocycles. The van der Waals surface area contributed by atoms with Gasteiger partial charge in [-0.25, -0.2) is 13.1 Å². The number of morpholine rings is 1. The summed E-state index contributed by atoms with van der Waals surface area (Å²) in [7, 11) is -3.92. The van der Waals surface area contributed by atoms with Gasteiger partial charge in [0.05, 0.1) is 17.7 Å². The molecule has 2 atom stereocenters. The summed E-state index contributed by atoms with van der Waals surface area (Å²) in [6.45, 7) is 2.83. The van der Waals surface area contributed by atoms with Gasteiger partial charge in [0.1, 0.15) is 11.0 Å². The van der Waals surface area contributed by atoms with E-state index in [4.69, 9.17) is 16.3 Å². The molecule has 3 aromatic rings. The van der Waals surface area contributed by atoms with E-state index < -0.39 is 10.0 Å². The summed E-state index contributed by atoms with van der Waals surface area (Å²) in [4.78, 5) is 14.9.